The average Bonchev–Trinajstić information content (AvgIpc) is 2.57. The number of benzene rings is 3. The summed E-state index contributed by atoms with van der Waals surface area (Å²) in [6.45, 7) is 0. The lowest BCUT2D eigenvalue weighted by Gasteiger charge is -2.10. The number of fused-ring (bicyclic) bond motifs is 1. The molecule has 0 aliphatic rings. The van der Waals surface area contributed by atoms with E-state index in [1.165, 1.54) is 25.3 Å². The number of rotatable bonds is 3. The van der Waals surface area contributed by atoms with Crippen LogP contribution < -0.4 is 4.74 Å². The second-order valence-corrected chi connectivity index (χ2v) is 5.42. The molecule has 0 heterocycles. The molecule has 0 bridgehead atoms. The smallest absolute Gasteiger partial charge is 0.271 e. The van der Waals surface area contributed by atoms with Crippen molar-refractivity contribution in [1.29, 1.82) is 0 Å². The van der Waals surface area contributed by atoms with Gasteiger partial charge in [-0.15, -0.1) is 0 Å². The highest BCUT2D eigenvalue weighted by atomic mass is 19.3. The van der Waals surface area contributed by atoms with Gasteiger partial charge < -0.3 is 4.74 Å². The second kappa shape index (κ2) is 6.74. The molecule has 0 saturated carbocycles. The summed E-state index contributed by atoms with van der Waals surface area (Å²) in [5.74, 6) is -4.34. The van der Waals surface area contributed by atoms with Crippen molar-refractivity contribution in [3.05, 3.63) is 71.3 Å². The second-order valence-electron chi connectivity index (χ2n) is 5.42. The highest BCUT2D eigenvalue weighted by Gasteiger charge is 2.18. The molecule has 0 amide bonds. The van der Waals surface area contributed by atoms with Gasteiger partial charge in [0.1, 0.15) is 29.0 Å². The fourth-order valence-electron chi connectivity index (χ4n) is 2.68. The first-order chi connectivity index (χ1) is 12.3. The van der Waals surface area contributed by atoms with Crippen LogP contribution in [0, 0.1) is 23.3 Å². The highest BCUT2D eigenvalue weighted by Crippen LogP contribution is 2.34. The van der Waals surface area contributed by atoms with E-state index in [9.17, 15) is 26.3 Å². The molecule has 0 unspecified atom stereocenters. The number of ether oxygens (including phenoxy) is 1. The topological polar surface area (TPSA) is 9.23 Å². The van der Waals surface area contributed by atoms with Crippen LogP contribution in [0.2, 0.25) is 0 Å². The maximum atomic E-state index is 14.4. The summed E-state index contributed by atoms with van der Waals surface area (Å²) < 4.78 is 86.4. The molecule has 0 fully saturated rings. The molecule has 0 aliphatic carbocycles. The summed E-state index contributed by atoms with van der Waals surface area (Å²) in [5, 5.41) is -0.877. The van der Waals surface area contributed by atoms with E-state index in [1.807, 2.05) is 0 Å². The van der Waals surface area contributed by atoms with Gasteiger partial charge in [0.15, 0.2) is 0 Å². The van der Waals surface area contributed by atoms with Gasteiger partial charge in [0.2, 0.25) is 0 Å². The molecule has 0 radical (unpaired) electrons. The Morgan fingerprint density at radius 1 is 0.885 bits per heavy atom. The predicted octanol–water partition coefficient (Wildman–Crippen LogP) is 6.31. The van der Waals surface area contributed by atoms with Crippen LogP contribution in [0.4, 0.5) is 26.3 Å². The van der Waals surface area contributed by atoms with Gasteiger partial charge in [-0.05, 0) is 41.3 Å². The zero-order chi connectivity index (χ0) is 19.0. The van der Waals surface area contributed by atoms with E-state index in [4.69, 9.17) is 4.74 Å². The zero-order valence-electron chi connectivity index (χ0n) is 13.2. The van der Waals surface area contributed by atoms with Gasteiger partial charge in [-0.2, -0.15) is 8.78 Å². The quantitative estimate of drug-likeness (QED) is 0.492. The number of hydrogen-bond acceptors (Lipinski definition) is 1. The number of methoxy groups -OCH3 is 1. The Morgan fingerprint density at radius 2 is 1.62 bits per heavy atom. The van der Waals surface area contributed by atoms with Crippen LogP contribution in [0.25, 0.3) is 28.0 Å². The van der Waals surface area contributed by atoms with E-state index in [-0.39, 0.29) is 28.3 Å². The molecule has 26 heavy (non-hydrogen) atoms. The molecule has 0 saturated heterocycles. The van der Waals surface area contributed by atoms with Gasteiger partial charge >= 0.3 is 0 Å². The Morgan fingerprint density at radius 3 is 2.23 bits per heavy atom. The maximum absolute atomic E-state index is 14.4. The molecule has 134 valence electrons. The Kier molecular flexibility index (Phi) is 4.63. The van der Waals surface area contributed by atoms with E-state index < -0.39 is 40.3 Å². The molecular formula is C19H10F6O. The molecule has 0 spiro atoms. The van der Waals surface area contributed by atoms with Crippen molar-refractivity contribution in [1.82, 2.24) is 0 Å². The third-order valence-electron chi connectivity index (χ3n) is 3.86. The van der Waals surface area contributed by atoms with E-state index >= 15 is 0 Å². The monoisotopic (exact) mass is 368 g/mol. The fourth-order valence-corrected chi connectivity index (χ4v) is 2.68. The first-order valence-corrected chi connectivity index (χ1v) is 7.29. The van der Waals surface area contributed by atoms with Gasteiger partial charge in [0, 0.05) is 17.7 Å². The molecule has 3 aromatic carbocycles. The van der Waals surface area contributed by atoms with E-state index in [0.717, 1.165) is 18.2 Å². The molecule has 0 aromatic heterocycles. The lowest BCUT2D eigenvalue weighted by molar-refractivity contribution is 0.411. The van der Waals surface area contributed by atoms with Crippen molar-refractivity contribution >= 4 is 16.8 Å². The lowest BCUT2D eigenvalue weighted by atomic mass is 9.98. The normalized spacial score (nSPS) is 10.9. The summed E-state index contributed by atoms with van der Waals surface area (Å²) in [6.07, 6.45) is -2.33. The van der Waals surface area contributed by atoms with Crippen LogP contribution in [-0.2, 0) is 0 Å². The van der Waals surface area contributed by atoms with Gasteiger partial charge in [0.05, 0.1) is 18.1 Å². The standard InChI is InChI=1S/C19H10F6O/c1-26-11-2-3-12(15(21)7-11)9-4-10-6-14(20)13(8-17(23)24)19(25)18(10)16(22)5-9/h2-8H,1H3. The molecule has 0 aliphatic heterocycles. The molecule has 3 aromatic rings. The molecule has 3 rings (SSSR count). The fraction of sp³-hybridized carbons (Fsp3) is 0.0526. The molecule has 1 nitrogen and oxygen atoms in total. The highest BCUT2D eigenvalue weighted by molar-refractivity contribution is 5.90. The summed E-state index contributed by atoms with van der Waals surface area (Å²) in [4.78, 5) is 0. The maximum Gasteiger partial charge on any atom is 0.271 e. The van der Waals surface area contributed by atoms with Crippen LogP contribution in [0.15, 0.2) is 42.5 Å². The lowest BCUT2D eigenvalue weighted by Crippen LogP contribution is -1.96. The van der Waals surface area contributed by atoms with Crippen LogP contribution in [0.3, 0.4) is 0 Å². The summed E-state index contributed by atoms with van der Waals surface area (Å²) in [5.41, 5.74) is -1.01. The van der Waals surface area contributed by atoms with Gasteiger partial charge in [-0.25, -0.2) is 17.6 Å². The minimum absolute atomic E-state index is 0.00816. The Hall–Kier alpha value is -2.96. The van der Waals surface area contributed by atoms with Gasteiger partial charge in [0.25, 0.3) is 6.08 Å². The van der Waals surface area contributed by atoms with Crippen LogP contribution in [0.5, 0.6) is 5.75 Å². The molecule has 0 atom stereocenters. The third-order valence-corrected chi connectivity index (χ3v) is 3.86. The third kappa shape index (κ3) is 3.12. The molecule has 0 N–H and O–H groups in total. The van der Waals surface area contributed by atoms with Crippen molar-refractivity contribution in [3.63, 3.8) is 0 Å². The summed E-state index contributed by atoms with van der Waals surface area (Å²) in [6, 6.07) is 6.61. The summed E-state index contributed by atoms with van der Waals surface area (Å²) >= 11 is 0. The van der Waals surface area contributed by atoms with E-state index in [2.05, 4.69) is 0 Å². The Bertz CT molecular complexity index is 1040. The Balaban J connectivity index is 2.25. The first kappa shape index (κ1) is 17.8. The van der Waals surface area contributed by atoms with Crippen LogP contribution in [0.1, 0.15) is 5.56 Å². The average molecular weight is 368 g/mol. The van der Waals surface area contributed by atoms with Gasteiger partial charge in [-0.1, -0.05) is 0 Å². The minimum Gasteiger partial charge on any atom is -0.497 e. The first-order valence-electron chi connectivity index (χ1n) is 7.29. The van der Waals surface area contributed by atoms with Crippen molar-refractivity contribution < 1.29 is 31.1 Å². The summed E-state index contributed by atoms with van der Waals surface area (Å²) in [7, 11) is 1.35. The zero-order valence-corrected chi connectivity index (χ0v) is 13.2. The van der Waals surface area contributed by atoms with E-state index in [0.29, 0.717) is 0 Å². The predicted molar refractivity (Wildman–Crippen MR) is 86.0 cm³/mol. The van der Waals surface area contributed by atoms with Crippen molar-refractivity contribution in [2.75, 3.05) is 7.11 Å². The largest absolute Gasteiger partial charge is 0.497 e. The number of halogens is 6. The van der Waals surface area contributed by atoms with Gasteiger partial charge in [-0.3, -0.25) is 0 Å². The van der Waals surface area contributed by atoms with E-state index in [1.54, 1.807) is 0 Å². The van der Waals surface area contributed by atoms with Crippen LogP contribution in [-0.4, -0.2) is 7.11 Å². The van der Waals surface area contributed by atoms with Crippen molar-refractivity contribution in [2.24, 2.45) is 0 Å². The van der Waals surface area contributed by atoms with Crippen molar-refractivity contribution in [3.8, 4) is 16.9 Å². The minimum atomic E-state index is -2.32. The Labute approximate surface area is 144 Å². The van der Waals surface area contributed by atoms with Crippen molar-refractivity contribution in [2.45, 2.75) is 0 Å². The SMILES string of the molecule is COc1ccc(-c2cc(F)c3c(F)c(C=C(F)F)c(F)cc3c2)c(F)c1. The number of hydrogen-bond donors (Lipinski definition) is 0. The van der Waals surface area contributed by atoms with Crippen LogP contribution >= 0.6 is 0 Å². The molecule has 7 heteroatoms. The molecular weight excluding hydrogens is 358 g/mol.